The Bertz CT molecular complexity index is 742. The molecule has 0 fully saturated rings. The number of sulfonamides is 1. The lowest BCUT2D eigenvalue weighted by atomic mass is 10.1. The van der Waals surface area contributed by atoms with Crippen molar-refractivity contribution in [2.24, 2.45) is 0 Å². The summed E-state index contributed by atoms with van der Waals surface area (Å²) in [5.74, 6) is 0. The van der Waals surface area contributed by atoms with Crippen molar-refractivity contribution >= 4 is 15.7 Å². The second-order valence-electron chi connectivity index (χ2n) is 4.85. The van der Waals surface area contributed by atoms with Crippen molar-refractivity contribution in [3.63, 3.8) is 0 Å². The zero-order valence-electron chi connectivity index (χ0n) is 12.1. The predicted molar refractivity (Wildman–Crippen MR) is 83.2 cm³/mol. The fraction of sp³-hybridized carbons (Fsp3) is 0.267. The van der Waals surface area contributed by atoms with Gasteiger partial charge in [-0.15, -0.1) is 0 Å². The normalized spacial score (nSPS) is 11.5. The van der Waals surface area contributed by atoms with Crippen LogP contribution in [0.4, 0.5) is 5.69 Å². The molecule has 0 aliphatic carbocycles. The summed E-state index contributed by atoms with van der Waals surface area (Å²) in [5.41, 5.74) is 8.75. The van der Waals surface area contributed by atoms with Crippen LogP contribution in [0.5, 0.6) is 0 Å². The number of anilines is 1. The molecular weight excluding hydrogens is 286 g/mol. The number of nitrogens with one attached hydrogen (secondary N) is 1. The molecule has 5 nitrogen and oxygen atoms in total. The number of nitrogen functional groups attached to an aromatic ring is 1. The third kappa shape index (κ3) is 3.59. The van der Waals surface area contributed by atoms with E-state index in [9.17, 15) is 8.42 Å². The molecule has 3 N–H and O–H groups in total. The minimum atomic E-state index is -3.59. The molecular formula is C15H19N3O2S. The molecule has 0 aliphatic heterocycles. The van der Waals surface area contributed by atoms with Crippen molar-refractivity contribution in [1.29, 1.82) is 0 Å². The van der Waals surface area contributed by atoms with Crippen LogP contribution in [0.1, 0.15) is 23.6 Å². The van der Waals surface area contributed by atoms with Crippen LogP contribution in [0.15, 0.2) is 41.6 Å². The van der Waals surface area contributed by atoms with E-state index in [4.69, 9.17) is 5.73 Å². The van der Waals surface area contributed by atoms with E-state index in [2.05, 4.69) is 9.71 Å². The number of aromatic nitrogens is 1. The number of hydrogen-bond donors (Lipinski definition) is 2. The number of nitrogens with zero attached hydrogens (tertiary/aromatic N) is 1. The summed E-state index contributed by atoms with van der Waals surface area (Å²) in [7, 11) is -3.59. The quantitative estimate of drug-likeness (QED) is 0.828. The average Bonchev–Trinajstić information content (AvgIpc) is 2.46. The van der Waals surface area contributed by atoms with Gasteiger partial charge in [0.2, 0.25) is 10.0 Å². The molecule has 21 heavy (non-hydrogen) atoms. The lowest BCUT2D eigenvalue weighted by molar-refractivity contribution is 0.580. The van der Waals surface area contributed by atoms with E-state index in [-0.39, 0.29) is 11.4 Å². The minimum Gasteiger partial charge on any atom is -0.399 e. The van der Waals surface area contributed by atoms with Gasteiger partial charge in [0, 0.05) is 24.6 Å². The van der Waals surface area contributed by atoms with Gasteiger partial charge >= 0.3 is 0 Å². The largest absolute Gasteiger partial charge is 0.399 e. The van der Waals surface area contributed by atoms with Gasteiger partial charge in [-0.1, -0.05) is 13.0 Å². The monoisotopic (exact) mass is 305 g/mol. The Morgan fingerprint density at radius 3 is 2.67 bits per heavy atom. The van der Waals surface area contributed by atoms with Gasteiger partial charge < -0.3 is 5.73 Å². The first kappa shape index (κ1) is 15.5. The van der Waals surface area contributed by atoms with Gasteiger partial charge in [-0.3, -0.25) is 4.98 Å². The summed E-state index contributed by atoms with van der Waals surface area (Å²) >= 11 is 0. The molecule has 112 valence electrons. The number of aryl methyl sites for hydroxylation is 2. The van der Waals surface area contributed by atoms with E-state index in [0.29, 0.717) is 12.1 Å². The van der Waals surface area contributed by atoms with Crippen molar-refractivity contribution in [1.82, 2.24) is 9.71 Å². The molecule has 0 atom stereocenters. The maximum absolute atomic E-state index is 12.5. The summed E-state index contributed by atoms with van der Waals surface area (Å²) in [6, 6.07) is 6.77. The molecule has 6 heteroatoms. The second-order valence-corrected chi connectivity index (χ2v) is 6.58. The Morgan fingerprint density at radius 2 is 2.00 bits per heavy atom. The smallest absolute Gasteiger partial charge is 0.241 e. The highest BCUT2D eigenvalue weighted by molar-refractivity contribution is 7.89. The SMILES string of the molecule is CCc1ccc(N)cc1S(=O)(=O)NCc1ccncc1C. The number of rotatable bonds is 5. The average molecular weight is 305 g/mol. The van der Waals surface area contributed by atoms with Crippen molar-refractivity contribution in [2.45, 2.75) is 31.7 Å². The van der Waals surface area contributed by atoms with Crippen LogP contribution in [-0.2, 0) is 23.0 Å². The summed E-state index contributed by atoms with van der Waals surface area (Å²) in [6.45, 7) is 4.04. The highest BCUT2D eigenvalue weighted by Gasteiger charge is 2.18. The van der Waals surface area contributed by atoms with Crippen LogP contribution in [0.3, 0.4) is 0 Å². The molecule has 1 aromatic carbocycles. The first-order valence-electron chi connectivity index (χ1n) is 6.71. The van der Waals surface area contributed by atoms with E-state index in [0.717, 1.165) is 16.7 Å². The van der Waals surface area contributed by atoms with Gasteiger partial charge in [-0.25, -0.2) is 13.1 Å². The third-order valence-electron chi connectivity index (χ3n) is 3.35. The molecule has 0 bridgehead atoms. The van der Waals surface area contributed by atoms with Gasteiger partial charge in [0.1, 0.15) is 0 Å². The highest BCUT2D eigenvalue weighted by Crippen LogP contribution is 2.20. The van der Waals surface area contributed by atoms with Crippen molar-refractivity contribution in [2.75, 3.05) is 5.73 Å². The van der Waals surface area contributed by atoms with Crippen LogP contribution in [0.2, 0.25) is 0 Å². The Kier molecular flexibility index (Phi) is 4.59. The summed E-state index contributed by atoms with van der Waals surface area (Å²) in [5, 5.41) is 0. The maximum atomic E-state index is 12.5. The highest BCUT2D eigenvalue weighted by atomic mass is 32.2. The number of hydrogen-bond acceptors (Lipinski definition) is 4. The standard InChI is InChI=1S/C15H19N3O2S/c1-3-12-4-5-14(16)8-15(12)21(19,20)18-10-13-6-7-17-9-11(13)2/h4-9,18H,3,10,16H2,1-2H3. The fourth-order valence-electron chi connectivity index (χ4n) is 2.06. The molecule has 0 amide bonds. The summed E-state index contributed by atoms with van der Waals surface area (Å²) in [6.07, 6.45) is 3.99. The van der Waals surface area contributed by atoms with Crippen LogP contribution in [0.25, 0.3) is 0 Å². The Hall–Kier alpha value is -1.92. The van der Waals surface area contributed by atoms with Crippen molar-refractivity contribution < 1.29 is 8.42 Å². The van der Waals surface area contributed by atoms with E-state index < -0.39 is 10.0 Å². The van der Waals surface area contributed by atoms with E-state index >= 15 is 0 Å². The van der Waals surface area contributed by atoms with Gasteiger partial charge in [0.15, 0.2) is 0 Å². The molecule has 0 saturated heterocycles. The lowest BCUT2D eigenvalue weighted by Crippen LogP contribution is -2.24. The van der Waals surface area contributed by atoms with E-state index in [1.807, 2.05) is 13.8 Å². The first-order chi connectivity index (χ1) is 9.94. The second kappa shape index (κ2) is 6.24. The van der Waals surface area contributed by atoms with E-state index in [1.165, 1.54) is 6.07 Å². The Morgan fingerprint density at radius 1 is 1.24 bits per heavy atom. The van der Waals surface area contributed by atoms with Crippen molar-refractivity contribution in [3.05, 3.63) is 53.3 Å². The van der Waals surface area contributed by atoms with Crippen LogP contribution in [0, 0.1) is 6.92 Å². The molecule has 2 aromatic rings. The Balaban J connectivity index is 2.27. The zero-order chi connectivity index (χ0) is 15.5. The number of pyridine rings is 1. The van der Waals surface area contributed by atoms with Gasteiger partial charge in [-0.2, -0.15) is 0 Å². The number of benzene rings is 1. The van der Waals surface area contributed by atoms with Crippen LogP contribution in [-0.4, -0.2) is 13.4 Å². The van der Waals surface area contributed by atoms with Crippen LogP contribution >= 0.6 is 0 Å². The minimum absolute atomic E-state index is 0.231. The van der Waals surface area contributed by atoms with Gasteiger partial charge in [-0.05, 0) is 48.2 Å². The van der Waals surface area contributed by atoms with Crippen LogP contribution < -0.4 is 10.5 Å². The fourth-order valence-corrected chi connectivity index (χ4v) is 3.41. The molecule has 0 saturated carbocycles. The lowest BCUT2D eigenvalue weighted by Gasteiger charge is -2.12. The Labute approximate surface area is 125 Å². The molecule has 1 heterocycles. The van der Waals surface area contributed by atoms with Gasteiger partial charge in [0.05, 0.1) is 4.90 Å². The maximum Gasteiger partial charge on any atom is 0.241 e. The third-order valence-corrected chi connectivity index (χ3v) is 4.83. The molecule has 0 aliphatic rings. The molecule has 1 aromatic heterocycles. The van der Waals surface area contributed by atoms with E-state index in [1.54, 1.807) is 30.6 Å². The summed E-state index contributed by atoms with van der Waals surface area (Å²) in [4.78, 5) is 4.24. The molecule has 0 unspecified atom stereocenters. The topological polar surface area (TPSA) is 85.1 Å². The number of nitrogens with two attached hydrogens (primary N) is 1. The first-order valence-corrected chi connectivity index (χ1v) is 8.20. The molecule has 0 spiro atoms. The van der Waals surface area contributed by atoms with Gasteiger partial charge in [0.25, 0.3) is 0 Å². The molecule has 2 rings (SSSR count). The van der Waals surface area contributed by atoms with Crippen molar-refractivity contribution in [3.8, 4) is 0 Å². The zero-order valence-corrected chi connectivity index (χ0v) is 12.9. The molecule has 0 radical (unpaired) electrons. The predicted octanol–water partition coefficient (Wildman–Crippen LogP) is 2.01. The summed E-state index contributed by atoms with van der Waals surface area (Å²) < 4.78 is 27.6.